The zero-order chi connectivity index (χ0) is 20.0. The standard InChI is InChI=1S/C20H22N2O5/c1-4-27-20(24)17-10-16(11-18(12-17)22(25)26)19(23)21(14(2)3)13-15-8-6-5-7-9-15/h5-12,14H,4,13H2,1-3H3. The fraction of sp³-hybridized carbons (Fsp3) is 0.300. The van der Waals surface area contributed by atoms with Crippen molar-refractivity contribution in [2.24, 2.45) is 0 Å². The molecular weight excluding hydrogens is 348 g/mol. The van der Waals surface area contributed by atoms with Gasteiger partial charge in [0.25, 0.3) is 11.6 Å². The van der Waals surface area contributed by atoms with Gasteiger partial charge in [-0.05, 0) is 32.4 Å². The molecule has 142 valence electrons. The van der Waals surface area contributed by atoms with Crippen LogP contribution in [0.4, 0.5) is 5.69 Å². The summed E-state index contributed by atoms with van der Waals surface area (Å²) in [6.07, 6.45) is 0. The van der Waals surface area contributed by atoms with Crippen LogP contribution < -0.4 is 0 Å². The summed E-state index contributed by atoms with van der Waals surface area (Å²) >= 11 is 0. The van der Waals surface area contributed by atoms with Crippen LogP contribution in [-0.4, -0.2) is 34.3 Å². The van der Waals surface area contributed by atoms with Crippen molar-refractivity contribution < 1.29 is 19.2 Å². The Labute approximate surface area is 157 Å². The van der Waals surface area contributed by atoms with Gasteiger partial charge < -0.3 is 9.64 Å². The van der Waals surface area contributed by atoms with Crippen molar-refractivity contribution in [1.29, 1.82) is 0 Å². The molecule has 0 saturated heterocycles. The predicted molar refractivity (Wildman–Crippen MR) is 101 cm³/mol. The second-order valence-electron chi connectivity index (χ2n) is 6.26. The quantitative estimate of drug-likeness (QED) is 0.420. The molecule has 0 aromatic heterocycles. The summed E-state index contributed by atoms with van der Waals surface area (Å²) in [4.78, 5) is 37.3. The van der Waals surface area contributed by atoms with Crippen LogP contribution in [-0.2, 0) is 11.3 Å². The Morgan fingerprint density at radius 2 is 1.74 bits per heavy atom. The molecule has 2 aromatic rings. The summed E-state index contributed by atoms with van der Waals surface area (Å²) in [5.74, 6) is -1.09. The summed E-state index contributed by atoms with van der Waals surface area (Å²) in [7, 11) is 0. The van der Waals surface area contributed by atoms with Crippen LogP contribution in [0.5, 0.6) is 0 Å². The number of hydrogen-bond donors (Lipinski definition) is 0. The first kappa shape index (κ1) is 20.1. The molecule has 0 heterocycles. The molecule has 0 saturated carbocycles. The number of amides is 1. The van der Waals surface area contributed by atoms with E-state index in [2.05, 4.69) is 0 Å². The van der Waals surface area contributed by atoms with E-state index in [1.807, 2.05) is 44.2 Å². The topological polar surface area (TPSA) is 89.8 Å². The second-order valence-corrected chi connectivity index (χ2v) is 6.26. The Morgan fingerprint density at radius 1 is 1.11 bits per heavy atom. The van der Waals surface area contributed by atoms with E-state index in [4.69, 9.17) is 4.74 Å². The summed E-state index contributed by atoms with van der Waals surface area (Å²) < 4.78 is 4.91. The average Bonchev–Trinajstić information content (AvgIpc) is 2.66. The molecule has 0 fully saturated rings. The number of hydrogen-bond acceptors (Lipinski definition) is 5. The maximum Gasteiger partial charge on any atom is 0.338 e. The number of carbonyl (C=O) groups is 2. The predicted octanol–water partition coefficient (Wildman–Crippen LogP) is 3.82. The van der Waals surface area contributed by atoms with E-state index in [1.165, 1.54) is 12.1 Å². The zero-order valence-corrected chi connectivity index (χ0v) is 15.5. The van der Waals surface area contributed by atoms with Crippen LogP contribution in [0, 0.1) is 10.1 Å². The fourth-order valence-electron chi connectivity index (χ4n) is 2.61. The lowest BCUT2D eigenvalue weighted by molar-refractivity contribution is -0.384. The average molecular weight is 370 g/mol. The molecular formula is C20H22N2O5. The van der Waals surface area contributed by atoms with Crippen molar-refractivity contribution in [3.8, 4) is 0 Å². The summed E-state index contributed by atoms with van der Waals surface area (Å²) in [5.41, 5.74) is 0.678. The van der Waals surface area contributed by atoms with Gasteiger partial charge in [0.05, 0.1) is 17.1 Å². The van der Waals surface area contributed by atoms with Crippen LogP contribution in [0.1, 0.15) is 47.1 Å². The summed E-state index contributed by atoms with van der Waals surface area (Å²) in [5, 5.41) is 11.2. The zero-order valence-electron chi connectivity index (χ0n) is 15.5. The number of nitrogens with zero attached hydrogens (tertiary/aromatic N) is 2. The highest BCUT2D eigenvalue weighted by Crippen LogP contribution is 2.21. The molecule has 0 N–H and O–H groups in total. The third-order valence-corrected chi connectivity index (χ3v) is 3.97. The molecule has 0 bridgehead atoms. The van der Waals surface area contributed by atoms with Gasteiger partial charge in [-0.25, -0.2) is 4.79 Å². The van der Waals surface area contributed by atoms with Gasteiger partial charge in [0.2, 0.25) is 0 Å². The number of nitro benzene ring substituents is 1. The van der Waals surface area contributed by atoms with E-state index in [0.717, 1.165) is 11.6 Å². The van der Waals surface area contributed by atoms with E-state index in [1.54, 1.807) is 11.8 Å². The number of benzene rings is 2. The lowest BCUT2D eigenvalue weighted by atomic mass is 10.1. The van der Waals surface area contributed by atoms with Gasteiger partial charge in [0.15, 0.2) is 0 Å². The number of esters is 1. The van der Waals surface area contributed by atoms with Crippen molar-refractivity contribution in [3.63, 3.8) is 0 Å². The Bertz CT molecular complexity index is 834. The van der Waals surface area contributed by atoms with Crippen molar-refractivity contribution in [3.05, 3.63) is 75.3 Å². The molecule has 7 heteroatoms. The van der Waals surface area contributed by atoms with Gasteiger partial charge in [-0.3, -0.25) is 14.9 Å². The van der Waals surface area contributed by atoms with E-state index in [-0.39, 0.29) is 35.4 Å². The highest BCUT2D eigenvalue weighted by Gasteiger charge is 2.24. The van der Waals surface area contributed by atoms with Gasteiger partial charge >= 0.3 is 5.97 Å². The molecule has 0 unspecified atom stereocenters. The summed E-state index contributed by atoms with van der Waals surface area (Å²) in [6, 6.07) is 13.0. The number of carbonyl (C=O) groups excluding carboxylic acids is 2. The lowest BCUT2D eigenvalue weighted by Crippen LogP contribution is -2.36. The molecule has 0 radical (unpaired) electrons. The van der Waals surface area contributed by atoms with Crippen LogP contribution in [0.25, 0.3) is 0 Å². The number of rotatable bonds is 7. The molecule has 0 aliphatic carbocycles. The van der Waals surface area contributed by atoms with Crippen molar-refractivity contribution in [1.82, 2.24) is 4.90 Å². The molecule has 0 atom stereocenters. The Morgan fingerprint density at radius 3 is 2.30 bits per heavy atom. The minimum absolute atomic E-state index is 0.0159. The number of non-ortho nitro benzene ring substituents is 1. The molecule has 7 nitrogen and oxygen atoms in total. The fourth-order valence-corrected chi connectivity index (χ4v) is 2.61. The first-order valence-corrected chi connectivity index (χ1v) is 8.65. The Hall–Kier alpha value is -3.22. The van der Waals surface area contributed by atoms with Crippen molar-refractivity contribution in [2.45, 2.75) is 33.4 Å². The van der Waals surface area contributed by atoms with E-state index >= 15 is 0 Å². The normalized spacial score (nSPS) is 10.5. The van der Waals surface area contributed by atoms with E-state index in [9.17, 15) is 19.7 Å². The van der Waals surface area contributed by atoms with Crippen LogP contribution in [0.3, 0.4) is 0 Å². The smallest absolute Gasteiger partial charge is 0.338 e. The van der Waals surface area contributed by atoms with Crippen LogP contribution in [0.2, 0.25) is 0 Å². The maximum atomic E-state index is 13.0. The van der Waals surface area contributed by atoms with E-state index in [0.29, 0.717) is 6.54 Å². The molecule has 1 amide bonds. The van der Waals surface area contributed by atoms with Gasteiger partial charge in [-0.2, -0.15) is 0 Å². The number of nitro groups is 1. The van der Waals surface area contributed by atoms with Crippen molar-refractivity contribution >= 4 is 17.6 Å². The van der Waals surface area contributed by atoms with Crippen molar-refractivity contribution in [2.75, 3.05) is 6.61 Å². The first-order chi connectivity index (χ1) is 12.8. The van der Waals surface area contributed by atoms with Crippen LogP contribution >= 0.6 is 0 Å². The maximum absolute atomic E-state index is 13.0. The monoisotopic (exact) mass is 370 g/mol. The minimum Gasteiger partial charge on any atom is -0.462 e. The third-order valence-electron chi connectivity index (χ3n) is 3.97. The third kappa shape index (κ3) is 5.13. The highest BCUT2D eigenvalue weighted by atomic mass is 16.6. The second kappa shape index (κ2) is 8.93. The van der Waals surface area contributed by atoms with Crippen LogP contribution in [0.15, 0.2) is 48.5 Å². The lowest BCUT2D eigenvalue weighted by Gasteiger charge is -2.27. The van der Waals surface area contributed by atoms with Gasteiger partial charge in [0, 0.05) is 30.3 Å². The van der Waals surface area contributed by atoms with E-state index < -0.39 is 10.9 Å². The Kier molecular flexibility index (Phi) is 6.65. The Balaban J connectivity index is 2.41. The minimum atomic E-state index is -0.700. The number of ether oxygens (including phenoxy) is 1. The van der Waals surface area contributed by atoms with Gasteiger partial charge in [0.1, 0.15) is 0 Å². The molecule has 0 aliphatic rings. The first-order valence-electron chi connectivity index (χ1n) is 8.65. The highest BCUT2D eigenvalue weighted by molar-refractivity contribution is 5.99. The molecule has 2 rings (SSSR count). The largest absolute Gasteiger partial charge is 0.462 e. The molecule has 2 aromatic carbocycles. The SMILES string of the molecule is CCOC(=O)c1cc(C(=O)N(Cc2ccccc2)C(C)C)cc([N+](=O)[O-])c1. The molecule has 0 aliphatic heterocycles. The molecule has 27 heavy (non-hydrogen) atoms. The van der Waals surface area contributed by atoms with Gasteiger partial charge in [-0.15, -0.1) is 0 Å². The summed E-state index contributed by atoms with van der Waals surface area (Å²) in [6.45, 7) is 5.86. The molecule has 0 spiro atoms. The van der Waals surface area contributed by atoms with Gasteiger partial charge in [-0.1, -0.05) is 30.3 Å².